The lowest BCUT2D eigenvalue weighted by molar-refractivity contribution is 0.102. The second-order valence-electron chi connectivity index (χ2n) is 5.47. The fourth-order valence-corrected chi connectivity index (χ4v) is 3.16. The number of rotatable bonds is 3. The maximum atomic E-state index is 12.6. The van der Waals surface area contributed by atoms with Gasteiger partial charge in [0.25, 0.3) is 5.91 Å². The Kier molecular flexibility index (Phi) is 4.13. The smallest absolute Gasteiger partial charge is 0.272 e. The number of H-pyrrole nitrogens is 1. The molecule has 23 heavy (non-hydrogen) atoms. The molecule has 0 aliphatic carbocycles. The van der Waals surface area contributed by atoms with E-state index in [9.17, 15) is 4.79 Å². The van der Waals surface area contributed by atoms with Crippen LogP contribution in [-0.4, -0.2) is 18.0 Å². The van der Waals surface area contributed by atoms with Crippen LogP contribution in [0.3, 0.4) is 0 Å². The summed E-state index contributed by atoms with van der Waals surface area (Å²) in [5.74, 6) is 0.607. The molecule has 1 aromatic heterocycles. The van der Waals surface area contributed by atoms with Gasteiger partial charge in [0.2, 0.25) is 0 Å². The Balaban J connectivity index is 1.96. The van der Waals surface area contributed by atoms with E-state index < -0.39 is 0 Å². The van der Waals surface area contributed by atoms with Crippen LogP contribution >= 0.6 is 15.9 Å². The van der Waals surface area contributed by atoms with Gasteiger partial charge in [0.05, 0.1) is 12.8 Å². The highest BCUT2D eigenvalue weighted by Crippen LogP contribution is 2.28. The third-order valence-corrected chi connectivity index (χ3v) is 4.52. The fourth-order valence-electron chi connectivity index (χ4n) is 2.57. The lowest BCUT2D eigenvalue weighted by Crippen LogP contribution is -2.13. The minimum absolute atomic E-state index is 0.165. The van der Waals surface area contributed by atoms with Gasteiger partial charge in [0, 0.05) is 15.4 Å². The van der Waals surface area contributed by atoms with Crippen LogP contribution in [-0.2, 0) is 0 Å². The van der Waals surface area contributed by atoms with E-state index in [4.69, 9.17) is 4.74 Å². The Labute approximate surface area is 143 Å². The third-order valence-electron chi connectivity index (χ3n) is 3.87. The molecule has 0 unspecified atom stereocenters. The van der Waals surface area contributed by atoms with Crippen molar-refractivity contribution >= 4 is 38.4 Å². The molecular weight excluding hydrogens is 356 g/mol. The van der Waals surface area contributed by atoms with Crippen molar-refractivity contribution < 1.29 is 9.53 Å². The molecule has 0 spiro atoms. The molecule has 5 heteroatoms. The van der Waals surface area contributed by atoms with Gasteiger partial charge < -0.3 is 15.0 Å². The number of amides is 1. The largest absolute Gasteiger partial charge is 0.497 e. The first kappa shape index (κ1) is 15.6. The van der Waals surface area contributed by atoms with E-state index in [1.165, 1.54) is 0 Å². The molecule has 0 saturated heterocycles. The number of nitrogens with one attached hydrogen (secondary N) is 2. The number of carbonyl (C=O) groups is 1. The SMILES string of the molecule is COc1ccc2[nH]c(C(=O)Nc3ccc(C)cc3Br)c(C)c2c1. The molecule has 3 rings (SSSR count). The summed E-state index contributed by atoms with van der Waals surface area (Å²) >= 11 is 3.48. The second-order valence-corrected chi connectivity index (χ2v) is 6.33. The molecular formula is C18H17BrN2O2. The highest BCUT2D eigenvalue weighted by Gasteiger charge is 2.16. The van der Waals surface area contributed by atoms with Gasteiger partial charge in [0.1, 0.15) is 11.4 Å². The summed E-state index contributed by atoms with van der Waals surface area (Å²) in [6.45, 7) is 3.93. The monoisotopic (exact) mass is 372 g/mol. The van der Waals surface area contributed by atoms with Gasteiger partial charge >= 0.3 is 0 Å². The summed E-state index contributed by atoms with van der Waals surface area (Å²) in [5, 5.41) is 3.92. The number of fused-ring (bicyclic) bond motifs is 1. The average Bonchev–Trinajstić information content (AvgIpc) is 2.86. The Hall–Kier alpha value is -2.27. The van der Waals surface area contributed by atoms with Crippen molar-refractivity contribution in [2.45, 2.75) is 13.8 Å². The number of hydrogen-bond acceptors (Lipinski definition) is 2. The van der Waals surface area contributed by atoms with Crippen molar-refractivity contribution in [1.29, 1.82) is 0 Å². The molecule has 118 valence electrons. The molecule has 0 saturated carbocycles. The minimum atomic E-state index is -0.165. The predicted octanol–water partition coefficient (Wildman–Crippen LogP) is 4.81. The Bertz CT molecular complexity index is 899. The maximum absolute atomic E-state index is 12.6. The van der Waals surface area contributed by atoms with E-state index in [1.54, 1.807) is 7.11 Å². The number of methoxy groups -OCH3 is 1. The highest BCUT2D eigenvalue weighted by atomic mass is 79.9. The number of carbonyl (C=O) groups excluding carboxylic acids is 1. The molecule has 0 aliphatic heterocycles. The van der Waals surface area contributed by atoms with Gasteiger partial charge in [-0.2, -0.15) is 0 Å². The molecule has 0 fully saturated rings. The van der Waals surface area contributed by atoms with Crippen LogP contribution in [0.25, 0.3) is 10.9 Å². The molecule has 3 aromatic rings. The maximum Gasteiger partial charge on any atom is 0.272 e. The third kappa shape index (κ3) is 2.97. The molecule has 0 bridgehead atoms. The van der Waals surface area contributed by atoms with E-state index in [2.05, 4.69) is 26.2 Å². The second kappa shape index (κ2) is 6.08. The summed E-state index contributed by atoms with van der Waals surface area (Å²) in [4.78, 5) is 15.8. The molecule has 4 nitrogen and oxygen atoms in total. The van der Waals surface area contributed by atoms with E-state index in [0.717, 1.165) is 37.9 Å². The van der Waals surface area contributed by atoms with Gasteiger partial charge in [-0.05, 0) is 71.2 Å². The van der Waals surface area contributed by atoms with Crippen LogP contribution in [0.1, 0.15) is 21.6 Å². The molecule has 2 aromatic carbocycles. The number of halogens is 1. The zero-order chi connectivity index (χ0) is 16.6. The Morgan fingerprint density at radius 2 is 1.96 bits per heavy atom. The molecule has 0 aliphatic rings. The number of anilines is 1. The van der Waals surface area contributed by atoms with Crippen molar-refractivity contribution in [3.63, 3.8) is 0 Å². The summed E-state index contributed by atoms with van der Waals surface area (Å²) in [6.07, 6.45) is 0. The summed E-state index contributed by atoms with van der Waals surface area (Å²) in [5.41, 5.74) is 4.25. The van der Waals surface area contributed by atoms with Gasteiger partial charge in [-0.1, -0.05) is 6.07 Å². The van der Waals surface area contributed by atoms with Crippen molar-refractivity contribution in [3.05, 3.63) is 57.7 Å². The lowest BCUT2D eigenvalue weighted by atomic mass is 10.1. The number of aromatic nitrogens is 1. The van der Waals surface area contributed by atoms with Crippen LogP contribution in [0.15, 0.2) is 40.9 Å². The first-order chi connectivity index (χ1) is 11.0. The van der Waals surface area contributed by atoms with Gasteiger partial charge in [0.15, 0.2) is 0 Å². The Morgan fingerprint density at radius 1 is 1.17 bits per heavy atom. The van der Waals surface area contributed by atoms with Gasteiger partial charge in [-0.15, -0.1) is 0 Å². The number of hydrogen-bond donors (Lipinski definition) is 2. The zero-order valence-corrected chi connectivity index (χ0v) is 14.7. The summed E-state index contributed by atoms with van der Waals surface area (Å²) < 4.78 is 6.11. The van der Waals surface area contributed by atoms with E-state index in [1.807, 2.05) is 50.2 Å². The average molecular weight is 373 g/mol. The van der Waals surface area contributed by atoms with E-state index in [0.29, 0.717) is 5.69 Å². The molecule has 0 atom stereocenters. The first-order valence-corrected chi connectivity index (χ1v) is 8.02. The number of aromatic amines is 1. The standard InChI is InChI=1S/C18H17BrN2O2/c1-10-4-6-16(14(19)8-10)21-18(22)17-11(2)13-9-12(23-3)5-7-15(13)20-17/h4-9,20H,1-3H3,(H,21,22). The van der Waals surface area contributed by atoms with Gasteiger partial charge in [-0.25, -0.2) is 0 Å². The van der Waals surface area contributed by atoms with Crippen LogP contribution in [0, 0.1) is 13.8 Å². The van der Waals surface area contributed by atoms with Crippen LogP contribution < -0.4 is 10.1 Å². The van der Waals surface area contributed by atoms with Crippen LogP contribution in [0.2, 0.25) is 0 Å². The normalized spacial score (nSPS) is 10.8. The van der Waals surface area contributed by atoms with Crippen molar-refractivity contribution in [2.75, 3.05) is 12.4 Å². The minimum Gasteiger partial charge on any atom is -0.497 e. The van der Waals surface area contributed by atoms with Gasteiger partial charge in [-0.3, -0.25) is 4.79 Å². The molecule has 2 N–H and O–H groups in total. The zero-order valence-electron chi connectivity index (χ0n) is 13.2. The van der Waals surface area contributed by atoms with Crippen molar-refractivity contribution in [1.82, 2.24) is 4.98 Å². The predicted molar refractivity (Wildman–Crippen MR) is 96.4 cm³/mol. The summed E-state index contributed by atoms with van der Waals surface area (Å²) in [7, 11) is 1.63. The van der Waals surface area contributed by atoms with Crippen molar-refractivity contribution in [3.8, 4) is 5.75 Å². The van der Waals surface area contributed by atoms with Crippen LogP contribution in [0.5, 0.6) is 5.75 Å². The molecule has 1 amide bonds. The van der Waals surface area contributed by atoms with Crippen LogP contribution in [0.4, 0.5) is 5.69 Å². The number of ether oxygens (including phenoxy) is 1. The van der Waals surface area contributed by atoms with E-state index in [-0.39, 0.29) is 5.91 Å². The number of benzene rings is 2. The fraction of sp³-hybridized carbons (Fsp3) is 0.167. The van der Waals surface area contributed by atoms with E-state index >= 15 is 0 Å². The van der Waals surface area contributed by atoms with Crippen molar-refractivity contribution in [2.24, 2.45) is 0 Å². The topological polar surface area (TPSA) is 54.1 Å². The summed E-state index contributed by atoms with van der Waals surface area (Å²) in [6, 6.07) is 11.5. The quantitative estimate of drug-likeness (QED) is 0.692. The lowest BCUT2D eigenvalue weighted by Gasteiger charge is -2.08. The highest BCUT2D eigenvalue weighted by molar-refractivity contribution is 9.10. The Morgan fingerprint density at radius 3 is 2.65 bits per heavy atom. The first-order valence-electron chi connectivity index (χ1n) is 7.23. The molecule has 1 heterocycles. The number of aryl methyl sites for hydroxylation is 2. The molecule has 0 radical (unpaired) electrons.